The molecule has 2 heteroatoms. The van der Waals surface area contributed by atoms with E-state index in [9.17, 15) is 0 Å². The first-order valence-corrected chi connectivity index (χ1v) is 8.65. The lowest BCUT2D eigenvalue weighted by atomic mass is 9.87. The summed E-state index contributed by atoms with van der Waals surface area (Å²) in [6.45, 7) is 8.58. The van der Waals surface area contributed by atoms with Gasteiger partial charge < -0.3 is 10.1 Å². The van der Waals surface area contributed by atoms with Crippen LogP contribution < -0.4 is 10.1 Å². The lowest BCUT2D eigenvalue weighted by molar-refractivity contribution is 0.264. The second kappa shape index (κ2) is 8.43. The van der Waals surface area contributed by atoms with E-state index in [0.717, 1.165) is 31.2 Å². The van der Waals surface area contributed by atoms with Gasteiger partial charge in [-0.15, -0.1) is 0 Å². The summed E-state index contributed by atoms with van der Waals surface area (Å²) in [5.41, 5.74) is 1.34. The maximum Gasteiger partial charge on any atom is 0.122 e. The van der Waals surface area contributed by atoms with E-state index in [1.54, 1.807) is 0 Å². The summed E-state index contributed by atoms with van der Waals surface area (Å²) in [4.78, 5) is 0. The standard InChI is InChI=1S/C19H31NO/c1-4-16(3)18-10-5-6-11-19(18)21-13-12-20-17-9-7-8-15(2)14-17/h5-6,10-11,15-17,20H,4,7-9,12-14H2,1-3H3. The summed E-state index contributed by atoms with van der Waals surface area (Å²) in [5, 5.41) is 3.66. The van der Waals surface area contributed by atoms with Crippen molar-refractivity contribution in [3.63, 3.8) is 0 Å². The van der Waals surface area contributed by atoms with Gasteiger partial charge in [0.25, 0.3) is 0 Å². The van der Waals surface area contributed by atoms with E-state index < -0.39 is 0 Å². The molecule has 3 unspecified atom stereocenters. The summed E-state index contributed by atoms with van der Waals surface area (Å²) in [6, 6.07) is 9.17. The van der Waals surface area contributed by atoms with Gasteiger partial charge >= 0.3 is 0 Å². The van der Waals surface area contributed by atoms with Crippen molar-refractivity contribution in [2.24, 2.45) is 5.92 Å². The van der Waals surface area contributed by atoms with E-state index in [1.807, 2.05) is 0 Å². The first-order valence-electron chi connectivity index (χ1n) is 8.65. The van der Waals surface area contributed by atoms with Crippen molar-refractivity contribution in [2.75, 3.05) is 13.2 Å². The Kier molecular flexibility index (Phi) is 6.56. The van der Waals surface area contributed by atoms with Gasteiger partial charge in [-0.2, -0.15) is 0 Å². The number of benzene rings is 1. The van der Waals surface area contributed by atoms with Gasteiger partial charge in [-0.1, -0.05) is 51.8 Å². The number of ether oxygens (including phenoxy) is 1. The highest BCUT2D eigenvalue weighted by atomic mass is 16.5. The average Bonchev–Trinajstić information content (AvgIpc) is 2.51. The molecule has 0 aliphatic heterocycles. The SMILES string of the molecule is CCC(C)c1ccccc1OCCNC1CCCC(C)C1. The third kappa shape index (κ3) is 5.03. The van der Waals surface area contributed by atoms with Crippen LogP contribution in [0.1, 0.15) is 64.4 Å². The van der Waals surface area contributed by atoms with Crippen LogP contribution in [0.4, 0.5) is 0 Å². The zero-order valence-corrected chi connectivity index (χ0v) is 13.9. The maximum absolute atomic E-state index is 6.02. The smallest absolute Gasteiger partial charge is 0.122 e. The van der Waals surface area contributed by atoms with Crippen molar-refractivity contribution in [3.05, 3.63) is 29.8 Å². The molecule has 1 N–H and O–H groups in total. The lowest BCUT2D eigenvalue weighted by Gasteiger charge is -2.27. The fourth-order valence-corrected chi connectivity index (χ4v) is 3.28. The largest absolute Gasteiger partial charge is 0.492 e. The van der Waals surface area contributed by atoms with Crippen molar-refractivity contribution >= 4 is 0 Å². The minimum absolute atomic E-state index is 0.563. The zero-order chi connectivity index (χ0) is 15.1. The van der Waals surface area contributed by atoms with Crippen LogP contribution in [-0.4, -0.2) is 19.2 Å². The summed E-state index contributed by atoms with van der Waals surface area (Å²) in [5.74, 6) is 2.50. The molecule has 2 nitrogen and oxygen atoms in total. The van der Waals surface area contributed by atoms with Crippen LogP contribution in [0.15, 0.2) is 24.3 Å². The Morgan fingerprint density at radius 1 is 1.29 bits per heavy atom. The average molecular weight is 289 g/mol. The predicted octanol–water partition coefficient (Wildman–Crippen LogP) is 4.75. The molecule has 1 fully saturated rings. The Balaban J connectivity index is 1.76. The Hall–Kier alpha value is -1.02. The Morgan fingerprint density at radius 3 is 2.86 bits per heavy atom. The summed E-state index contributed by atoms with van der Waals surface area (Å²) < 4.78 is 6.02. The molecule has 1 aromatic carbocycles. The molecule has 2 rings (SSSR count). The molecule has 0 amide bonds. The van der Waals surface area contributed by atoms with E-state index in [4.69, 9.17) is 4.74 Å². The molecule has 0 aromatic heterocycles. The minimum Gasteiger partial charge on any atom is -0.492 e. The third-order valence-corrected chi connectivity index (χ3v) is 4.79. The molecule has 1 aromatic rings. The zero-order valence-electron chi connectivity index (χ0n) is 13.9. The highest BCUT2D eigenvalue weighted by Gasteiger charge is 2.18. The molecule has 0 radical (unpaired) electrons. The Labute approximate surface area is 130 Å². The first kappa shape index (κ1) is 16.4. The number of hydrogen-bond donors (Lipinski definition) is 1. The van der Waals surface area contributed by atoms with Crippen LogP contribution in [0.25, 0.3) is 0 Å². The van der Waals surface area contributed by atoms with Crippen LogP contribution in [-0.2, 0) is 0 Å². The molecule has 1 aliphatic rings. The van der Waals surface area contributed by atoms with E-state index in [-0.39, 0.29) is 0 Å². The number of nitrogens with one attached hydrogen (secondary N) is 1. The van der Waals surface area contributed by atoms with E-state index in [1.165, 1.54) is 31.2 Å². The van der Waals surface area contributed by atoms with Gasteiger partial charge in [-0.25, -0.2) is 0 Å². The fraction of sp³-hybridized carbons (Fsp3) is 0.684. The van der Waals surface area contributed by atoms with Crippen LogP contribution in [0, 0.1) is 5.92 Å². The van der Waals surface area contributed by atoms with Gasteiger partial charge in [-0.05, 0) is 42.7 Å². The monoisotopic (exact) mass is 289 g/mol. The highest BCUT2D eigenvalue weighted by Crippen LogP contribution is 2.28. The fourth-order valence-electron chi connectivity index (χ4n) is 3.28. The molecule has 21 heavy (non-hydrogen) atoms. The first-order chi connectivity index (χ1) is 10.2. The van der Waals surface area contributed by atoms with Crippen LogP contribution >= 0.6 is 0 Å². The second-order valence-corrected chi connectivity index (χ2v) is 6.62. The quantitative estimate of drug-likeness (QED) is 0.732. The highest BCUT2D eigenvalue weighted by molar-refractivity contribution is 5.35. The molecule has 1 aliphatic carbocycles. The molecule has 118 valence electrons. The van der Waals surface area contributed by atoms with Gasteiger partial charge in [0.15, 0.2) is 0 Å². The second-order valence-electron chi connectivity index (χ2n) is 6.62. The maximum atomic E-state index is 6.02. The molecule has 3 atom stereocenters. The molecular weight excluding hydrogens is 258 g/mol. The van der Waals surface area contributed by atoms with Crippen molar-refractivity contribution in [2.45, 2.75) is 64.8 Å². The molecule has 0 saturated heterocycles. The van der Waals surface area contributed by atoms with Gasteiger partial charge in [0, 0.05) is 12.6 Å². The molecule has 0 heterocycles. The molecule has 0 spiro atoms. The van der Waals surface area contributed by atoms with Crippen LogP contribution in [0.2, 0.25) is 0 Å². The van der Waals surface area contributed by atoms with E-state index >= 15 is 0 Å². The minimum atomic E-state index is 0.563. The van der Waals surface area contributed by atoms with Crippen molar-refractivity contribution < 1.29 is 4.74 Å². The number of rotatable bonds is 7. The molecule has 0 bridgehead atoms. The summed E-state index contributed by atoms with van der Waals surface area (Å²) in [6.07, 6.45) is 6.57. The Bertz CT molecular complexity index is 418. The third-order valence-electron chi connectivity index (χ3n) is 4.79. The van der Waals surface area contributed by atoms with Crippen LogP contribution in [0.5, 0.6) is 5.75 Å². The van der Waals surface area contributed by atoms with Crippen molar-refractivity contribution in [3.8, 4) is 5.75 Å². The number of para-hydroxylation sites is 1. The van der Waals surface area contributed by atoms with Crippen molar-refractivity contribution in [1.29, 1.82) is 0 Å². The van der Waals surface area contributed by atoms with Gasteiger partial charge in [-0.3, -0.25) is 0 Å². The predicted molar refractivity (Wildman–Crippen MR) is 90.1 cm³/mol. The van der Waals surface area contributed by atoms with Crippen LogP contribution in [0.3, 0.4) is 0 Å². The molecular formula is C19H31NO. The normalized spacial score (nSPS) is 23.8. The summed E-state index contributed by atoms with van der Waals surface area (Å²) >= 11 is 0. The van der Waals surface area contributed by atoms with Gasteiger partial charge in [0.2, 0.25) is 0 Å². The van der Waals surface area contributed by atoms with E-state index in [0.29, 0.717) is 12.0 Å². The van der Waals surface area contributed by atoms with Gasteiger partial charge in [0.05, 0.1) is 0 Å². The number of hydrogen-bond acceptors (Lipinski definition) is 2. The Morgan fingerprint density at radius 2 is 2.10 bits per heavy atom. The lowest BCUT2D eigenvalue weighted by Crippen LogP contribution is -2.36. The molecule has 1 saturated carbocycles. The summed E-state index contributed by atoms with van der Waals surface area (Å²) in [7, 11) is 0. The topological polar surface area (TPSA) is 21.3 Å². The van der Waals surface area contributed by atoms with Crippen molar-refractivity contribution in [1.82, 2.24) is 5.32 Å². The van der Waals surface area contributed by atoms with Gasteiger partial charge in [0.1, 0.15) is 12.4 Å². The van der Waals surface area contributed by atoms with E-state index in [2.05, 4.69) is 50.4 Å².